The smallest absolute Gasteiger partial charge is 0.227 e. The van der Waals surface area contributed by atoms with Crippen LogP contribution in [-0.4, -0.2) is 64.7 Å². The van der Waals surface area contributed by atoms with Crippen LogP contribution in [0.2, 0.25) is 0 Å². The topological polar surface area (TPSA) is 78.4 Å². The van der Waals surface area contributed by atoms with Crippen LogP contribution in [0.5, 0.6) is 0 Å². The Labute approximate surface area is 218 Å². The maximum atomic E-state index is 12.6. The maximum Gasteiger partial charge on any atom is 0.227 e. The second-order valence-corrected chi connectivity index (χ2v) is 10.5. The van der Waals surface area contributed by atoms with Crippen LogP contribution in [0.15, 0.2) is 54.7 Å². The summed E-state index contributed by atoms with van der Waals surface area (Å²) in [4.78, 5) is 38.4. The van der Waals surface area contributed by atoms with Crippen LogP contribution in [0.3, 0.4) is 0 Å². The predicted molar refractivity (Wildman–Crippen MR) is 145 cm³/mol. The standard InChI is InChI=1S/C30H35N5O2/c1-21-20-31-30(33-27(21)17-22-5-9-25(10-6-22)28(36)18-23-3-4-23)32-26-11-7-24(8-12-26)19-29(37)35-15-13-34(2)14-16-35/h5-12,20,23H,3-4,13-19H2,1-2H3,(H,31,32,33). The number of amides is 1. The fraction of sp³-hybridized carbons (Fsp3) is 0.400. The van der Waals surface area contributed by atoms with Crippen LogP contribution in [0.4, 0.5) is 11.6 Å². The predicted octanol–water partition coefficient (Wildman–Crippen LogP) is 4.42. The zero-order chi connectivity index (χ0) is 25.8. The molecule has 2 aliphatic rings. The maximum absolute atomic E-state index is 12.6. The monoisotopic (exact) mass is 497 g/mol. The van der Waals surface area contributed by atoms with E-state index in [2.05, 4.69) is 22.2 Å². The highest BCUT2D eigenvalue weighted by Gasteiger charge is 2.24. The number of aryl methyl sites for hydroxylation is 1. The third-order valence-corrected chi connectivity index (χ3v) is 7.32. The van der Waals surface area contributed by atoms with Crippen molar-refractivity contribution in [3.05, 3.63) is 82.7 Å². The number of rotatable bonds is 9. The highest BCUT2D eigenvalue weighted by Crippen LogP contribution is 2.33. The lowest BCUT2D eigenvalue weighted by atomic mass is 10.0. The number of benzene rings is 2. The number of ketones is 1. The van der Waals surface area contributed by atoms with Gasteiger partial charge in [-0.3, -0.25) is 9.59 Å². The Balaban J connectivity index is 1.18. The quantitative estimate of drug-likeness (QED) is 0.441. The van der Waals surface area contributed by atoms with Crippen LogP contribution in [0, 0.1) is 12.8 Å². The van der Waals surface area contributed by atoms with Gasteiger partial charge in [-0.2, -0.15) is 0 Å². The highest BCUT2D eigenvalue weighted by molar-refractivity contribution is 5.96. The van der Waals surface area contributed by atoms with Crippen LogP contribution in [0.1, 0.15) is 52.0 Å². The van der Waals surface area contributed by atoms with Gasteiger partial charge in [0, 0.05) is 56.5 Å². The van der Waals surface area contributed by atoms with Gasteiger partial charge >= 0.3 is 0 Å². The Kier molecular flexibility index (Phi) is 7.60. The zero-order valence-electron chi connectivity index (χ0n) is 21.7. The van der Waals surface area contributed by atoms with Crippen molar-refractivity contribution >= 4 is 23.3 Å². The average Bonchev–Trinajstić information content (AvgIpc) is 3.72. The lowest BCUT2D eigenvalue weighted by molar-refractivity contribution is -0.132. The summed E-state index contributed by atoms with van der Waals surface area (Å²) in [6, 6.07) is 15.8. The fourth-order valence-corrected chi connectivity index (χ4v) is 4.60. The molecule has 7 nitrogen and oxygen atoms in total. The summed E-state index contributed by atoms with van der Waals surface area (Å²) in [5.41, 5.74) is 5.76. The molecule has 7 heteroatoms. The molecule has 5 rings (SSSR count). The van der Waals surface area contributed by atoms with Crippen molar-refractivity contribution in [1.29, 1.82) is 0 Å². The number of carbonyl (C=O) groups is 2. The molecule has 1 aliphatic heterocycles. The minimum absolute atomic E-state index is 0.181. The number of piperazine rings is 1. The minimum Gasteiger partial charge on any atom is -0.340 e. The summed E-state index contributed by atoms with van der Waals surface area (Å²) in [7, 11) is 2.09. The van der Waals surface area contributed by atoms with Gasteiger partial charge in [0.25, 0.3) is 0 Å². The Bertz CT molecular complexity index is 1240. The molecule has 37 heavy (non-hydrogen) atoms. The van der Waals surface area contributed by atoms with Crippen LogP contribution in [0.25, 0.3) is 0 Å². The number of Topliss-reactive ketones (excluding diaryl/α,β-unsaturated/α-hetero) is 1. The molecular weight excluding hydrogens is 462 g/mol. The molecule has 0 spiro atoms. The second-order valence-electron chi connectivity index (χ2n) is 10.5. The molecule has 0 bridgehead atoms. The lowest BCUT2D eigenvalue weighted by Gasteiger charge is -2.32. The van der Waals surface area contributed by atoms with Crippen molar-refractivity contribution in [3.63, 3.8) is 0 Å². The molecule has 192 valence electrons. The largest absolute Gasteiger partial charge is 0.340 e. The zero-order valence-corrected chi connectivity index (χ0v) is 21.7. The number of nitrogens with one attached hydrogen (secondary N) is 1. The molecule has 1 amide bonds. The van der Waals surface area contributed by atoms with Crippen LogP contribution < -0.4 is 5.32 Å². The molecule has 0 unspecified atom stereocenters. The van der Waals surface area contributed by atoms with Gasteiger partial charge in [-0.25, -0.2) is 9.97 Å². The van der Waals surface area contributed by atoms with Gasteiger partial charge in [-0.1, -0.05) is 36.4 Å². The molecule has 2 fully saturated rings. The van der Waals surface area contributed by atoms with Gasteiger partial charge in [0.1, 0.15) is 0 Å². The molecule has 0 atom stereocenters. The van der Waals surface area contributed by atoms with Crippen molar-refractivity contribution in [1.82, 2.24) is 19.8 Å². The average molecular weight is 498 g/mol. The number of anilines is 2. The normalized spacial score (nSPS) is 16.0. The van der Waals surface area contributed by atoms with Crippen molar-refractivity contribution in [2.45, 2.75) is 39.0 Å². The molecule has 1 N–H and O–H groups in total. The first kappa shape index (κ1) is 25.1. The fourth-order valence-electron chi connectivity index (χ4n) is 4.60. The molecule has 2 heterocycles. The summed E-state index contributed by atoms with van der Waals surface area (Å²) in [6.45, 7) is 5.46. The summed E-state index contributed by atoms with van der Waals surface area (Å²) in [6.07, 6.45) is 5.98. The van der Waals surface area contributed by atoms with Gasteiger partial charge in [0.2, 0.25) is 11.9 Å². The Morgan fingerprint density at radius 1 is 0.946 bits per heavy atom. The van der Waals surface area contributed by atoms with Crippen molar-refractivity contribution in [2.75, 3.05) is 38.5 Å². The van der Waals surface area contributed by atoms with Gasteiger partial charge < -0.3 is 15.1 Å². The highest BCUT2D eigenvalue weighted by atomic mass is 16.2. The molecular formula is C30H35N5O2. The number of nitrogens with zero attached hydrogens (tertiary/aromatic N) is 4. The van der Waals surface area contributed by atoms with E-state index in [0.29, 0.717) is 31.1 Å². The number of carbonyl (C=O) groups excluding carboxylic acids is 2. The molecule has 0 radical (unpaired) electrons. The van der Waals surface area contributed by atoms with E-state index in [9.17, 15) is 9.59 Å². The van der Waals surface area contributed by atoms with E-state index >= 15 is 0 Å². The van der Waals surface area contributed by atoms with E-state index in [0.717, 1.165) is 59.8 Å². The van der Waals surface area contributed by atoms with Crippen LogP contribution in [-0.2, 0) is 17.6 Å². The van der Waals surface area contributed by atoms with Gasteiger partial charge in [0.05, 0.1) is 12.1 Å². The first-order chi connectivity index (χ1) is 17.9. The first-order valence-electron chi connectivity index (χ1n) is 13.2. The molecule has 1 aliphatic carbocycles. The number of aromatic nitrogens is 2. The summed E-state index contributed by atoms with van der Waals surface area (Å²) < 4.78 is 0. The van der Waals surface area contributed by atoms with Crippen molar-refractivity contribution in [3.8, 4) is 0 Å². The summed E-state index contributed by atoms with van der Waals surface area (Å²) >= 11 is 0. The Morgan fingerprint density at radius 3 is 2.30 bits per heavy atom. The Morgan fingerprint density at radius 2 is 1.62 bits per heavy atom. The van der Waals surface area contributed by atoms with Crippen molar-refractivity contribution in [2.24, 2.45) is 5.92 Å². The number of likely N-dealkylation sites (N-methyl/N-ethyl adjacent to an activating group) is 1. The van der Waals surface area contributed by atoms with E-state index in [4.69, 9.17) is 4.98 Å². The molecule has 1 saturated heterocycles. The van der Waals surface area contributed by atoms with Gasteiger partial charge in [0.15, 0.2) is 5.78 Å². The molecule has 2 aromatic carbocycles. The van der Waals surface area contributed by atoms with E-state index in [1.807, 2.05) is 66.6 Å². The number of hydrogen-bond acceptors (Lipinski definition) is 6. The van der Waals surface area contributed by atoms with Crippen molar-refractivity contribution < 1.29 is 9.59 Å². The molecule has 1 saturated carbocycles. The van der Waals surface area contributed by atoms with E-state index in [1.54, 1.807) is 0 Å². The second kappa shape index (κ2) is 11.2. The van der Waals surface area contributed by atoms with E-state index in [-0.39, 0.29) is 11.7 Å². The minimum atomic E-state index is 0.181. The van der Waals surface area contributed by atoms with Gasteiger partial charge in [-0.15, -0.1) is 0 Å². The lowest BCUT2D eigenvalue weighted by Crippen LogP contribution is -2.47. The van der Waals surface area contributed by atoms with E-state index in [1.165, 1.54) is 12.8 Å². The molecule has 1 aromatic heterocycles. The van der Waals surface area contributed by atoms with Crippen LogP contribution >= 0.6 is 0 Å². The van der Waals surface area contributed by atoms with Gasteiger partial charge in [-0.05, 0) is 61.6 Å². The summed E-state index contributed by atoms with van der Waals surface area (Å²) in [5, 5.41) is 3.29. The van der Waals surface area contributed by atoms with E-state index < -0.39 is 0 Å². The SMILES string of the molecule is Cc1cnc(Nc2ccc(CC(=O)N3CCN(C)CC3)cc2)nc1Cc1ccc(C(=O)CC2CC2)cc1. The Hall–Kier alpha value is -3.58. The third-order valence-electron chi connectivity index (χ3n) is 7.32. The number of hydrogen-bond donors (Lipinski definition) is 1. The first-order valence-corrected chi connectivity index (χ1v) is 13.2. The summed E-state index contributed by atoms with van der Waals surface area (Å²) in [5.74, 6) is 1.56. The molecule has 3 aromatic rings. The third kappa shape index (κ3) is 6.80.